The Kier molecular flexibility index (Phi) is 5.58. The summed E-state index contributed by atoms with van der Waals surface area (Å²) in [6, 6.07) is 5.33. The highest BCUT2D eigenvalue weighted by Crippen LogP contribution is 2.19. The van der Waals surface area contributed by atoms with Gasteiger partial charge in [-0.3, -0.25) is 9.59 Å². The average molecular weight is 354 g/mol. The topological polar surface area (TPSA) is 84.4 Å². The molecule has 0 unspecified atom stereocenters. The molecule has 0 atom stereocenters. The van der Waals surface area contributed by atoms with Crippen LogP contribution in [0.5, 0.6) is 0 Å². The highest BCUT2D eigenvalue weighted by Gasteiger charge is 2.19. The summed E-state index contributed by atoms with van der Waals surface area (Å²) < 4.78 is 5.28. The summed E-state index contributed by atoms with van der Waals surface area (Å²) >= 11 is 0. The standard InChI is InChI=1S/C19H22N4O3/c1-3-17-20-11-15(12-21-17)18(24)22-16-10-14(5-4-13(16)2)19(25)23-6-8-26-9-7-23/h4-5,10-12H,3,6-9H2,1-2H3,(H,22,24). The van der Waals surface area contributed by atoms with Gasteiger partial charge in [-0.1, -0.05) is 13.0 Å². The zero-order chi connectivity index (χ0) is 18.5. The molecule has 3 rings (SSSR count). The number of nitrogens with one attached hydrogen (secondary N) is 1. The van der Waals surface area contributed by atoms with Gasteiger partial charge in [-0.05, 0) is 24.6 Å². The molecule has 136 valence electrons. The molecule has 1 aliphatic heterocycles. The van der Waals surface area contributed by atoms with Gasteiger partial charge in [0.05, 0.1) is 18.8 Å². The van der Waals surface area contributed by atoms with E-state index < -0.39 is 0 Å². The molecular weight excluding hydrogens is 332 g/mol. The third kappa shape index (κ3) is 4.05. The minimum atomic E-state index is -0.299. The summed E-state index contributed by atoms with van der Waals surface area (Å²) in [7, 11) is 0. The molecule has 2 heterocycles. The minimum Gasteiger partial charge on any atom is -0.378 e. The average Bonchev–Trinajstić information content (AvgIpc) is 2.69. The Morgan fingerprint density at radius 1 is 1.15 bits per heavy atom. The van der Waals surface area contributed by atoms with Crippen LogP contribution in [0.1, 0.15) is 39.0 Å². The van der Waals surface area contributed by atoms with Gasteiger partial charge in [0.1, 0.15) is 5.82 Å². The Morgan fingerprint density at radius 2 is 1.85 bits per heavy atom. The van der Waals surface area contributed by atoms with Crippen LogP contribution in [0.15, 0.2) is 30.6 Å². The van der Waals surface area contributed by atoms with E-state index in [1.165, 1.54) is 12.4 Å². The van der Waals surface area contributed by atoms with E-state index in [4.69, 9.17) is 4.74 Å². The van der Waals surface area contributed by atoms with E-state index in [1.807, 2.05) is 19.9 Å². The predicted molar refractivity (Wildman–Crippen MR) is 97.3 cm³/mol. The first-order chi connectivity index (χ1) is 12.6. The summed E-state index contributed by atoms with van der Waals surface area (Å²) in [6.07, 6.45) is 3.74. The van der Waals surface area contributed by atoms with Gasteiger partial charge in [-0.15, -0.1) is 0 Å². The molecule has 0 bridgehead atoms. The first-order valence-corrected chi connectivity index (χ1v) is 8.68. The molecular formula is C19H22N4O3. The van der Waals surface area contributed by atoms with E-state index in [-0.39, 0.29) is 11.8 Å². The second-order valence-electron chi connectivity index (χ2n) is 6.13. The summed E-state index contributed by atoms with van der Waals surface area (Å²) in [5.41, 5.74) is 2.41. The number of hydrogen-bond acceptors (Lipinski definition) is 5. The zero-order valence-corrected chi connectivity index (χ0v) is 15.0. The number of morpholine rings is 1. The van der Waals surface area contributed by atoms with Crippen molar-refractivity contribution in [2.24, 2.45) is 0 Å². The van der Waals surface area contributed by atoms with Gasteiger partial charge in [-0.2, -0.15) is 0 Å². The van der Waals surface area contributed by atoms with Crippen LogP contribution < -0.4 is 5.32 Å². The van der Waals surface area contributed by atoms with Crippen molar-refractivity contribution < 1.29 is 14.3 Å². The number of carbonyl (C=O) groups excluding carboxylic acids is 2. The lowest BCUT2D eigenvalue weighted by atomic mass is 10.1. The first-order valence-electron chi connectivity index (χ1n) is 8.68. The number of benzene rings is 1. The largest absolute Gasteiger partial charge is 0.378 e. The lowest BCUT2D eigenvalue weighted by molar-refractivity contribution is 0.0303. The highest BCUT2D eigenvalue weighted by molar-refractivity contribution is 6.05. The van der Waals surface area contributed by atoms with Gasteiger partial charge < -0.3 is 15.0 Å². The molecule has 7 heteroatoms. The van der Waals surface area contributed by atoms with E-state index in [2.05, 4.69) is 15.3 Å². The van der Waals surface area contributed by atoms with Crippen molar-refractivity contribution in [2.75, 3.05) is 31.6 Å². The summed E-state index contributed by atoms with van der Waals surface area (Å²) in [6.45, 7) is 6.10. The number of amides is 2. The van der Waals surface area contributed by atoms with Crippen LogP contribution in [-0.2, 0) is 11.2 Å². The van der Waals surface area contributed by atoms with Gasteiger partial charge in [0, 0.05) is 43.2 Å². The van der Waals surface area contributed by atoms with Crippen molar-refractivity contribution >= 4 is 17.5 Å². The minimum absolute atomic E-state index is 0.0561. The molecule has 0 aliphatic carbocycles. The van der Waals surface area contributed by atoms with Crippen molar-refractivity contribution in [3.05, 3.63) is 53.1 Å². The fourth-order valence-corrected chi connectivity index (χ4v) is 2.69. The van der Waals surface area contributed by atoms with Crippen molar-refractivity contribution in [1.29, 1.82) is 0 Å². The summed E-state index contributed by atoms with van der Waals surface area (Å²) in [5.74, 6) is 0.335. The van der Waals surface area contributed by atoms with Crippen LogP contribution >= 0.6 is 0 Å². The fourth-order valence-electron chi connectivity index (χ4n) is 2.69. The molecule has 0 spiro atoms. The van der Waals surface area contributed by atoms with Crippen molar-refractivity contribution in [1.82, 2.24) is 14.9 Å². The molecule has 1 N–H and O–H groups in total. The Bertz CT molecular complexity index is 799. The van der Waals surface area contributed by atoms with E-state index in [0.717, 1.165) is 5.56 Å². The van der Waals surface area contributed by atoms with Crippen LogP contribution in [0.4, 0.5) is 5.69 Å². The Labute approximate surface area is 152 Å². The summed E-state index contributed by atoms with van der Waals surface area (Å²) in [4.78, 5) is 35.1. The van der Waals surface area contributed by atoms with Crippen molar-refractivity contribution in [2.45, 2.75) is 20.3 Å². The quantitative estimate of drug-likeness (QED) is 0.909. The van der Waals surface area contributed by atoms with Crippen LogP contribution in [0.2, 0.25) is 0 Å². The van der Waals surface area contributed by atoms with Gasteiger partial charge in [0.2, 0.25) is 0 Å². The van der Waals surface area contributed by atoms with Crippen molar-refractivity contribution in [3.8, 4) is 0 Å². The Morgan fingerprint density at radius 3 is 2.50 bits per heavy atom. The van der Waals surface area contributed by atoms with Gasteiger partial charge in [-0.25, -0.2) is 9.97 Å². The first kappa shape index (κ1) is 18.0. The molecule has 0 saturated carbocycles. The van der Waals surface area contributed by atoms with E-state index in [0.29, 0.717) is 55.4 Å². The van der Waals surface area contributed by atoms with E-state index >= 15 is 0 Å². The molecule has 1 fully saturated rings. The maximum absolute atomic E-state index is 12.6. The molecule has 1 aromatic heterocycles. The molecule has 0 radical (unpaired) electrons. The molecule has 1 aromatic carbocycles. The lowest BCUT2D eigenvalue weighted by Crippen LogP contribution is -2.40. The number of nitrogens with zero attached hydrogens (tertiary/aromatic N) is 3. The van der Waals surface area contributed by atoms with Crippen LogP contribution in [0, 0.1) is 6.92 Å². The van der Waals surface area contributed by atoms with E-state index in [1.54, 1.807) is 17.0 Å². The third-order valence-electron chi connectivity index (χ3n) is 4.31. The molecule has 26 heavy (non-hydrogen) atoms. The highest BCUT2D eigenvalue weighted by atomic mass is 16.5. The smallest absolute Gasteiger partial charge is 0.258 e. The predicted octanol–water partition coefficient (Wildman–Crippen LogP) is 2.07. The number of aromatic nitrogens is 2. The molecule has 1 aliphatic rings. The molecule has 1 saturated heterocycles. The Balaban J connectivity index is 1.76. The maximum Gasteiger partial charge on any atom is 0.258 e. The lowest BCUT2D eigenvalue weighted by Gasteiger charge is -2.27. The molecule has 2 aromatic rings. The van der Waals surface area contributed by atoms with E-state index in [9.17, 15) is 9.59 Å². The normalized spacial score (nSPS) is 14.2. The number of carbonyl (C=O) groups is 2. The van der Waals surface area contributed by atoms with Crippen LogP contribution in [0.25, 0.3) is 0 Å². The summed E-state index contributed by atoms with van der Waals surface area (Å²) in [5, 5.41) is 2.85. The Hall–Kier alpha value is -2.80. The van der Waals surface area contributed by atoms with Crippen molar-refractivity contribution in [3.63, 3.8) is 0 Å². The maximum atomic E-state index is 12.6. The number of anilines is 1. The second kappa shape index (κ2) is 8.05. The number of aryl methyl sites for hydroxylation is 2. The number of rotatable bonds is 4. The zero-order valence-electron chi connectivity index (χ0n) is 15.0. The second-order valence-corrected chi connectivity index (χ2v) is 6.13. The molecule has 2 amide bonds. The third-order valence-corrected chi connectivity index (χ3v) is 4.31. The molecule has 7 nitrogen and oxygen atoms in total. The van der Waals surface area contributed by atoms with Gasteiger partial charge >= 0.3 is 0 Å². The van der Waals surface area contributed by atoms with Gasteiger partial charge in [0.25, 0.3) is 11.8 Å². The number of hydrogen-bond donors (Lipinski definition) is 1. The van der Waals surface area contributed by atoms with Crippen LogP contribution in [-0.4, -0.2) is 53.0 Å². The fraction of sp³-hybridized carbons (Fsp3) is 0.368. The SMILES string of the molecule is CCc1ncc(C(=O)Nc2cc(C(=O)N3CCOCC3)ccc2C)cn1. The van der Waals surface area contributed by atoms with Gasteiger partial charge in [0.15, 0.2) is 0 Å². The van der Waals surface area contributed by atoms with Crippen LogP contribution in [0.3, 0.4) is 0 Å². The number of ether oxygens (including phenoxy) is 1. The monoisotopic (exact) mass is 354 g/mol.